The van der Waals surface area contributed by atoms with Crippen LogP contribution in [0.3, 0.4) is 0 Å². The minimum absolute atomic E-state index is 0.0341. The molecule has 1 saturated heterocycles. The molecule has 5 nitrogen and oxygen atoms in total. The summed E-state index contributed by atoms with van der Waals surface area (Å²) in [4.78, 5) is 23.0. The number of benzene rings is 1. The van der Waals surface area contributed by atoms with E-state index in [0.29, 0.717) is 5.56 Å². The Hall–Kier alpha value is -2.09. The van der Waals surface area contributed by atoms with Gasteiger partial charge in [0.2, 0.25) is 5.91 Å². The summed E-state index contributed by atoms with van der Waals surface area (Å²) in [5.74, 6) is -2.78. The number of halogens is 3. The van der Waals surface area contributed by atoms with E-state index in [9.17, 15) is 27.9 Å². The second-order valence-electron chi connectivity index (χ2n) is 4.41. The number of amides is 2. The minimum Gasteiger partial charge on any atom is -0.356 e. The van der Waals surface area contributed by atoms with E-state index < -0.39 is 29.8 Å². The summed E-state index contributed by atoms with van der Waals surface area (Å²) >= 11 is 0. The van der Waals surface area contributed by atoms with Gasteiger partial charge in [0.15, 0.2) is 0 Å². The highest BCUT2D eigenvalue weighted by molar-refractivity contribution is 5.99. The van der Waals surface area contributed by atoms with Gasteiger partial charge in [0.25, 0.3) is 5.91 Å². The van der Waals surface area contributed by atoms with Gasteiger partial charge in [-0.05, 0) is 5.56 Å². The molecule has 0 aliphatic carbocycles. The Kier molecular flexibility index (Phi) is 3.43. The van der Waals surface area contributed by atoms with Gasteiger partial charge in [-0.3, -0.25) is 9.59 Å². The van der Waals surface area contributed by atoms with Crippen LogP contribution < -0.4 is 10.6 Å². The van der Waals surface area contributed by atoms with Crippen molar-refractivity contribution in [1.29, 1.82) is 0 Å². The van der Waals surface area contributed by atoms with E-state index in [2.05, 4.69) is 0 Å². The van der Waals surface area contributed by atoms with E-state index in [4.69, 9.17) is 0 Å². The lowest BCUT2D eigenvalue weighted by Gasteiger charge is -2.36. The van der Waals surface area contributed by atoms with Crippen molar-refractivity contribution < 1.29 is 27.9 Å². The van der Waals surface area contributed by atoms with Crippen molar-refractivity contribution in [1.82, 2.24) is 10.6 Å². The molecule has 1 fully saturated rings. The van der Waals surface area contributed by atoms with Gasteiger partial charge < -0.3 is 15.7 Å². The zero-order valence-electron chi connectivity index (χ0n) is 10.1. The minimum atomic E-state index is -5.29. The van der Waals surface area contributed by atoms with Crippen LogP contribution in [-0.4, -0.2) is 34.9 Å². The Balaban J connectivity index is 2.15. The number of hydrogen-bond acceptors (Lipinski definition) is 3. The average Bonchev–Trinajstić information content (AvgIpc) is 2.36. The molecule has 1 aliphatic rings. The Morgan fingerprint density at radius 3 is 2.35 bits per heavy atom. The first-order chi connectivity index (χ1) is 9.24. The summed E-state index contributed by atoms with van der Waals surface area (Å²) in [6.07, 6.45) is -5.25. The summed E-state index contributed by atoms with van der Waals surface area (Å²) in [6.45, 7) is 0. The molecular formula is C12H11F3N2O3. The molecule has 8 heteroatoms. The van der Waals surface area contributed by atoms with Gasteiger partial charge in [-0.2, -0.15) is 13.2 Å². The third kappa shape index (κ3) is 2.46. The van der Waals surface area contributed by atoms with Crippen molar-refractivity contribution in [3.8, 4) is 0 Å². The van der Waals surface area contributed by atoms with Gasteiger partial charge in [0.1, 0.15) is 6.04 Å². The second kappa shape index (κ2) is 4.78. The maximum Gasteiger partial charge on any atom is 0.446 e. The first kappa shape index (κ1) is 14.3. The topological polar surface area (TPSA) is 78.4 Å². The molecule has 108 valence electrons. The number of alkyl halides is 3. The van der Waals surface area contributed by atoms with Crippen LogP contribution in [-0.2, 0) is 16.0 Å². The van der Waals surface area contributed by atoms with Gasteiger partial charge in [0, 0.05) is 6.42 Å². The maximum absolute atomic E-state index is 12.6. The summed E-state index contributed by atoms with van der Waals surface area (Å²) in [6, 6.07) is 7.32. The van der Waals surface area contributed by atoms with E-state index in [0.717, 1.165) is 0 Å². The van der Waals surface area contributed by atoms with Gasteiger partial charge >= 0.3 is 11.9 Å². The fourth-order valence-corrected chi connectivity index (χ4v) is 1.84. The standard InChI is InChI=1S/C12H11F3N2O3/c13-12(14,15)11(20)10(19)16-8(9(18)17-11)6-7-4-2-1-3-5-7/h1-5,8,20H,6H2,(H,16,19)(H,17,18). The number of aliphatic hydroxyl groups is 1. The third-order valence-electron chi connectivity index (χ3n) is 2.95. The van der Waals surface area contributed by atoms with Crippen molar-refractivity contribution in [3.63, 3.8) is 0 Å². The van der Waals surface area contributed by atoms with Crippen LogP contribution in [0.25, 0.3) is 0 Å². The monoisotopic (exact) mass is 288 g/mol. The van der Waals surface area contributed by atoms with E-state index >= 15 is 0 Å². The van der Waals surface area contributed by atoms with Crippen molar-refractivity contribution in [2.75, 3.05) is 0 Å². The zero-order chi connectivity index (χ0) is 15.0. The smallest absolute Gasteiger partial charge is 0.356 e. The van der Waals surface area contributed by atoms with Gasteiger partial charge in [-0.1, -0.05) is 30.3 Å². The lowest BCUT2D eigenvalue weighted by Crippen LogP contribution is -2.75. The lowest BCUT2D eigenvalue weighted by molar-refractivity contribution is -0.264. The number of rotatable bonds is 2. The van der Waals surface area contributed by atoms with E-state index in [1.165, 1.54) is 5.32 Å². The molecule has 0 bridgehead atoms. The van der Waals surface area contributed by atoms with Crippen LogP contribution >= 0.6 is 0 Å². The largest absolute Gasteiger partial charge is 0.446 e. The molecule has 2 rings (SSSR count). The van der Waals surface area contributed by atoms with Crippen molar-refractivity contribution in [3.05, 3.63) is 35.9 Å². The molecule has 1 heterocycles. The van der Waals surface area contributed by atoms with Crippen molar-refractivity contribution >= 4 is 11.8 Å². The molecule has 0 radical (unpaired) electrons. The molecule has 2 unspecified atom stereocenters. The summed E-state index contributed by atoms with van der Waals surface area (Å²) in [5, 5.41) is 12.5. The number of carbonyl (C=O) groups excluding carboxylic acids is 2. The van der Waals surface area contributed by atoms with Crippen LogP contribution in [0.1, 0.15) is 5.56 Å². The SMILES string of the molecule is O=C1NC(O)(C(F)(F)F)C(=O)NC1Cc1ccccc1. The van der Waals surface area contributed by atoms with E-state index in [1.807, 2.05) is 5.32 Å². The second-order valence-corrected chi connectivity index (χ2v) is 4.41. The van der Waals surface area contributed by atoms with Crippen molar-refractivity contribution in [2.24, 2.45) is 0 Å². The Bertz CT molecular complexity index is 532. The Morgan fingerprint density at radius 1 is 1.20 bits per heavy atom. The van der Waals surface area contributed by atoms with Crippen molar-refractivity contribution in [2.45, 2.75) is 24.4 Å². The number of nitrogens with one attached hydrogen (secondary N) is 2. The average molecular weight is 288 g/mol. The zero-order valence-corrected chi connectivity index (χ0v) is 10.1. The quantitative estimate of drug-likeness (QED) is 0.722. The molecule has 20 heavy (non-hydrogen) atoms. The van der Waals surface area contributed by atoms with Gasteiger partial charge in [0.05, 0.1) is 0 Å². The first-order valence-electron chi connectivity index (χ1n) is 5.70. The van der Waals surface area contributed by atoms with Crippen LogP contribution in [0, 0.1) is 0 Å². The molecule has 0 aromatic heterocycles. The Morgan fingerprint density at radius 2 is 1.80 bits per heavy atom. The molecule has 0 saturated carbocycles. The van der Waals surface area contributed by atoms with E-state index in [-0.39, 0.29) is 6.42 Å². The predicted molar refractivity (Wildman–Crippen MR) is 61.2 cm³/mol. The lowest BCUT2D eigenvalue weighted by atomic mass is 10.0. The highest BCUT2D eigenvalue weighted by Crippen LogP contribution is 2.30. The molecule has 0 spiro atoms. The van der Waals surface area contributed by atoms with Gasteiger partial charge in [-0.15, -0.1) is 0 Å². The highest BCUT2D eigenvalue weighted by Gasteiger charge is 2.63. The van der Waals surface area contributed by atoms with Crippen LogP contribution in [0.2, 0.25) is 0 Å². The predicted octanol–water partition coefficient (Wildman–Crippen LogP) is 0.0946. The molecule has 1 aromatic rings. The summed E-state index contributed by atoms with van der Waals surface area (Å²) in [7, 11) is 0. The summed E-state index contributed by atoms with van der Waals surface area (Å²) in [5.41, 5.74) is -3.21. The van der Waals surface area contributed by atoms with Crippen LogP contribution in [0.4, 0.5) is 13.2 Å². The fraction of sp³-hybridized carbons (Fsp3) is 0.333. The number of carbonyl (C=O) groups is 2. The van der Waals surface area contributed by atoms with Crippen LogP contribution in [0.5, 0.6) is 0 Å². The number of piperazine rings is 1. The molecular weight excluding hydrogens is 277 g/mol. The van der Waals surface area contributed by atoms with Gasteiger partial charge in [-0.25, -0.2) is 0 Å². The number of hydrogen-bond donors (Lipinski definition) is 3. The van der Waals surface area contributed by atoms with E-state index in [1.54, 1.807) is 30.3 Å². The molecule has 1 aromatic carbocycles. The molecule has 1 aliphatic heterocycles. The fourth-order valence-electron chi connectivity index (χ4n) is 1.84. The molecule has 2 amide bonds. The highest BCUT2D eigenvalue weighted by atomic mass is 19.4. The molecule has 2 atom stereocenters. The van der Waals surface area contributed by atoms with Crippen LogP contribution in [0.15, 0.2) is 30.3 Å². The summed E-state index contributed by atoms with van der Waals surface area (Å²) < 4.78 is 37.7. The normalized spacial score (nSPS) is 26.9. The third-order valence-corrected chi connectivity index (χ3v) is 2.95. The molecule has 3 N–H and O–H groups in total. The Labute approximate surface area is 111 Å². The first-order valence-corrected chi connectivity index (χ1v) is 5.70. The maximum atomic E-state index is 12.6.